The summed E-state index contributed by atoms with van der Waals surface area (Å²) >= 11 is 0. The highest BCUT2D eigenvalue weighted by molar-refractivity contribution is 5.77. The molecule has 1 aliphatic heterocycles. The number of aromatic nitrogens is 1. The number of hydrogen-bond donors (Lipinski definition) is 0. The van der Waals surface area contributed by atoms with Crippen LogP contribution in [-0.4, -0.2) is 41.7 Å². The summed E-state index contributed by atoms with van der Waals surface area (Å²) < 4.78 is 7.62. The van der Waals surface area contributed by atoms with Crippen LogP contribution in [0.4, 0.5) is 0 Å². The Balaban J connectivity index is 1.74. The van der Waals surface area contributed by atoms with Gasteiger partial charge in [0, 0.05) is 25.5 Å². The van der Waals surface area contributed by atoms with Crippen LogP contribution in [0, 0.1) is 0 Å². The Morgan fingerprint density at radius 2 is 1.70 bits per heavy atom. The second kappa shape index (κ2) is 6.00. The summed E-state index contributed by atoms with van der Waals surface area (Å²) in [5.74, 6) is 0.295. The minimum atomic E-state index is 0.0110. The maximum atomic E-state index is 12.6. The standard InChI is InChI=1S/C16H24N2O2/c19-15(17-10-12-20-13-11-17)14-16(6-2-1-3-7-16)18-8-4-5-9-18/h4-5,8-9H,1-3,6-7,10-14H2. The summed E-state index contributed by atoms with van der Waals surface area (Å²) in [5.41, 5.74) is 0.0110. The monoisotopic (exact) mass is 276 g/mol. The fourth-order valence-corrected chi connectivity index (χ4v) is 3.59. The van der Waals surface area contributed by atoms with Gasteiger partial charge in [0.1, 0.15) is 0 Å². The van der Waals surface area contributed by atoms with Crippen LogP contribution in [-0.2, 0) is 15.1 Å². The van der Waals surface area contributed by atoms with Gasteiger partial charge in [-0.2, -0.15) is 0 Å². The van der Waals surface area contributed by atoms with Gasteiger partial charge in [-0.1, -0.05) is 19.3 Å². The lowest BCUT2D eigenvalue weighted by atomic mass is 9.78. The van der Waals surface area contributed by atoms with Crippen molar-refractivity contribution in [1.29, 1.82) is 0 Å². The number of carbonyl (C=O) groups excluding carboxylic acids is 1. The van der Waals surface area contributed by atoms with Gasteiger partial charge in [-0.05, 0) is 25.0 Å². The molecule has 20 heavy (non-hydrogen) atoms. The Labute approximate surface area is 120 Å². The highest BCUT2D eigenvalue weighted by Crippen LogP contribution is 2.38. The zero-order chi connectivity index (χ0) is 13.8. The Bertz CT molecular complexity index is 429. The molecule has 1 amide bonds. The third-order valence-corrected chi connectivity index (χ3v) is 4.78. The number of ether oxygens (including phenoxy) is 1. The quantitative estimate of drug-likeness (QED) is 0.849. The van der Waals surface area contributed by atoms with E-state index in [-0.39, 0.29) is 5.54 Å². The van der Waals surface area contributed by atoms with Crippen molar-refractivity contribution in [2.75, 3.05) is 26.3 Å². The minimum absolute atomic E-state index is 0.0110. The summed E-state index contributed by atoms with van der Waals surface area (Å²) in [6.07, 6.45) is 10.9. The molecule has 1 aromatic heterocycles. The van der Waals surface area contributed by atoms with E-state index in [1.807, 2.05) is 4.90 Å². The molecule has 3 rings (SSSR count). The molecule has 0 unspecified atom stereocenters. The van der Waals surface area contributed by atoms with Gasteiger partial charge >= 0.3 is 0 Å². The molecule has 1 saturated carbocycles. The van der Waals surface area contributed by atoms with E-state index in [2.05, 4.69) is 29.1 Å². The van der Waals surface area contributed by atoms with E-state index in [9.17, 15) is 4.79 Å². The molecule has 0 N–H and O–H groups in total. The van der Waals surface area contributed by atoms with Crippen molar-refractivity contribution in [3.05, 3.63) is 24.5 Å². The number of morpholine rings is 1. The van der Waals surface area contributed by atoms with Crippen molar-refractivity contribution >= 4 is 5.91 Å². The maximum Gasteiger partial charge on any atom is 0.225 e. The normalized spacial score (nSPS) is 22.7. The first-order valence-electron chi connectivity index (χ1n) is 7.79. The molecule has 2 heterocycles. The van der Waals surface area contributed by atoms with Gasteiger partial charge in [0.15, 0.2) is 0 Å². The summed E-state index contributed by atoms with van der Waals surface area (Å²) in [4.78, 5) is 14.6. The van der Waals surface area contributed by atoms with E-state index < -0.39 is 0 Å². The maximum absolute atomic E-state index is 12.6. The van der Waals surface area contributed by atoms with E-state index in [1.165, 1.54) is 19.3 Å². The average Bonchev–Trinajstić information content (AvgIpc) is 3.04. The molecular weight excluding hydrogens is 252 g/mol. The Morgan fingerprint density at radius 1 is 1.05 bits per heavy atom. The number of amides is 1. The second-order valence-corrected chi connectivity index (χ2v) is 6.05. The molecule has 4 heteroatoms. The van der Waals surface area contributed by atoms with Gasteiger partial charge in [-0.15, -0.1) is 0 Å². The van der Waals surface area contributed by atoms with Crippen LogP contribution in [0.5, 0.6) is 0 Å². The van der Waals surface area contributed by atoms with Gasteiger partial charge in [-0.25, -0.2) is 0 Å². The molecule has 0 bridgehead atoms. The van der Waals surface area contributed by atoms with Crippen LogP contribution in [0.3, 0.4) is 0 Å². The van der Waals surface area contributed by atoms with Crippen molar-refractivity contribution in [3.8, 4) is 0 Å². The lowest BCUT2D eigenvalue weighted by Gasteiger charge is -2.40. The van der Waals surface area contributed by atoms with E-state index >= 15 is 0 Å². The average molecular weight is 276 g/mol. The molecule has 2 aliphatic rings. The highest BCUT2D eigenvalue weighted by Gasteiger charge is 2.36. The SMILES string of the molecule is O=C(CC1(n2cccc2)CCCCC1)N1CCOCC1. The molecular formula is C16H24N2O2. The first-order chi connectivity index (χ1) is 9.80. The number of rotatable bonds is 3. The first kappa shape index (κ1) is 13.7. The summed E-state index contributed by atoms with van der Waals surface area (Å²) in [7, 11) is 0. The third-order valence-electron chi connectivity index (χ3n) is 4.78. The Kier molecular flexibility index (Phi) is 4.10. The van der Waals surface area contributed by atoms with Crippen molar-refractivity contribution in [2.45, 2.75) is 44.1 Å². The van der Waals surface area contributed by atoms with Gasteiger partial charge < -0.3 is 14.2 Å². The van der Waals surface area contributed by atoms with Crippen LogP contribution in [0.25, 0.3) is 0 Å². The van der Waals surface area contributed by atoms with E-state index in [0.29, 0.717) is 25.5 Å². The smallest absolute Gasteiger partial charge is 0.225 e. The third kappa shape index (κ3) is 2.75. The molecule has 0 aromatic carbocycles. The van der Waals surface area contributed by atoms with Gasteiger partial charge in [0.25, 0.3) is 0 Å². The molecule has 0 radical (unpaired) electrons. The van der Waals surface area contributed by atoms with Crippen LogP contribution < -0.4 is 0 Å². The van der Waals surface area contributed by atoms with Crippen molar-refractivity contribution in [3.63, 3.8) is 0 Å². The fourth-order valence-electron chi connectivity index (χ4n) is 3.59. The zero-order valence-corrected chi connectivity index (χ0v) is 12.1. The second-order valence-electron chi connectivity index (χ2n) is 6.05. The fraction of sp³-hybridized carbons (Fsp3) is 0.688. The molecule has 1 saturated heterocycles. The predicted octanol–water partition coefficient (Wildman–Crippen LogP) is 2.40. The largest absolute Gasteiger partial charge is 0.378 e. The topological polar surface area (TPSA) is 34.5 Å². The molecule has 0 spiro atoms. The van der Waals surface area contributed by atoms with E-state index in [4.69, 9.17) is 4.74 Å². The van der Waals surface area contributed by atoms with Gasteiger partial charge in [0.2, 0.25) is 5.91 Å². The van der Waals surface area contributed by atoms with Crippen molar-refractivity contribution in [1.82, 2.24) is 9.47 Å². The molecule has 0 atom stereocenters. The molecule has 2 fully saturated rings. The summed E-state index contributed by atoms with van der Waals surface area (Å²) in [6, 6.07) is 4.13. The van der Waals surface area contributed by atoms with Crippen LogP contribution in [0.15, 0.2) is 24.5 Å². The summed E-state index contributed by atoms with van der Waals surface area (Å²) in [6.45, 7) is 2.87. The number of hydrogen-bond acceptors (Lipinski definition) is 2. The summed E-state index contributed by atoms with van der Waals surface area (Å²) in [5, 5.41) is 0. The highest BCUT2D eigenvalue weighted by atomic mass is 16.5. The lowest BCUT2D eigenvalue weighted by molar-refractivity contribution is -0.138. The van der Waals surface area contributed by atoms with Crippen LogP contribution in [0.2, 0.25) is 0 Å². The van der Waals surface area contributed by atoms with Crippen molar-refractivity contribution in [2.24, 2.45) is 0 Å². The molecule has 4 nitrogen and oxygen atoms in total. The van der Waals surface area contributed by atoms with Crippen LogP contribution >= 0.6 is 0 Å². The van der Waals surface area contributed by atoms with Crippen molar-refractivity contribution < 1.29 is 9.53 Å². The zero-order valence-electron chi connectivity index (χ0n) is 12.1. The Morgan fingerprint density at radius 3 is 2.35 bits per heavy atom. The molecule has 1 aromatic rings. The minimum Gasteiger partial charge on any atom is -0.378 e. The molecule has 1 aliphatic carbocycles. The predicted molar refractivity (Wildman–Crippen MR) is 77.5 cm³/mol. The van der Waals surface area contributed by atoms with Gasteiger partial charge in [0.05, 0.1) is 25.2 Å². The van der Waals surface area contributed by atoms with E-state index in [1.54, 1.807) is 0 Å². The van der Waals surface area contributed by atoms with Gasteiger partial charge in [-0.3, -0.25) is 4.79 Å². The van der Waals surface area contributed by atoms with E-state index in [0.717, 1.165) is 25.9 Å². The van der Waals surface area contributed by atoms with Crippen LogP contribution in [0.1, 0.15) is 38.5 Å². The lowest BCUT2D eigenvalue weighted by Crippen LogP contribution is -2.46. The Hall–Kier alpha value is -1.29. The molecule has 110 valence electrons. The first-order valence-corrected chi connectivity index (χ1v) is 7.79. The number of carbonyl (C=O) groups is 1. The number of nitrogens with zero attached hydrogens (tertiary/aromatic N) is 2.